The normalized spacial score (nSPS) is 15.1. The Balaban J connectivity index is 0.993. The Bertz CT molecular complexity index is 3490. The molecule has 2 heteroatoms. The maximum absolute atomic E-state index is 6.54. The van der Waals surface area contributed by atoms with E-state index in [0.717, 1.165) is 34.8 Å². The molecule has 0 saturated heterocycles. The largest absolute Gasteiger partial charge is 0.489 e. The fraction of sp³-hybridized carbons (Fsp3) is 0.143. The molecule has 2 nitrogen and oxygen atoms in total. The van der Waals surface area contributed by atoms with Crippen LogP contribution in [0.1, 0.15) is 89.8 Å². The number of nitrogens with zero attached hydrogens (tertiary/aromatic N) is 1. The fourth-order valence-electron chi connectivity index (χ4n) is 12.6. The highest BCUT2D eigenvalue weighted by atomic mass is 16.5. The van der Waals surface area contributed by atoms with E-state index in [1.54, 1.807) is 0 Å². The van der Waals surface area contributed by atoms with E-state index in [2.05, 4.69) is 287 Å². The van der Waals surface area contributed by atoms with Crippen molar-refractivity contribution in [3.63, 3.8) is 0 Å². The van der Waals surface area contributed by atoms with Gasteiger partial charge in [-0.3, -0.25) is 0 Å². The van der Waals surface area contributed by atoms with E-state index in [-0.39, 0.29) is 5.41 Å². The molecule has 0 spiro atoms. The summed E-state index contributed by atoms with van der Waals surface area (Å²) in [4.78, 5) is 2.46. The van der Waals surface area contributed by atoms with Crippen molar-refractivity contribution < 1.29 is 4.74 Å². The lowest BCUT2D eigenvalue weighted by molar-refractivity contribution is 0.306. The molecule has 10 aromatic rings. The summed E-state index contributed by atoms with van der Waals surface area (Å²) >= 11 is 0. The number of para-hydroxylation sites is 1. The van der Waals surface area contributed by atoms with Crippen molar-refractivity contribution in [2.24, 2.45) is 5.92 Å². The van der Waals surface area contributed by atoms with Gasteiger partial charge in [-0.15, -0.1) is 0 Å². The molecule has 350 valence electrons. The minimum atomic E-state index is -0.613. The number of hydrogen-bond donors (Lipinski definition) is 0. The molecule has 0 fully saturated rings. The second kappa shape index (κ2) is 18.2. The van der Waals surface area contributed by atoms with Gasteiger partial charge in [0.25, 0.3) is 0 Å². The number of fused-ring (bicyclic) bond motifs is 6. The third-order valence-corrected chi connectivity index (χ3v) is 15.6. The zero-order valence-corrected chi connectivity index (χ0v) is 41.6. The molecule has 12 rings (SSSR count). The van der Waals surface area contributed by atoms with Gasteiger partial charge < -0.3 is 9.64 Å². The van der Waals surface area contributed by atoms with Gasteiger partial charge in [-0.2, -0.15) is 0 Å². The molecule has 0 aromatic heterocycles. The van der Waals surface area contributed by atoms with E-state index in [1.165, 1.54) is 72.3 Å². The van der Waals surface area contributed by atoms with Crippen LogP contribution in [0.4, 0.5) is 17.1 Å². The van der Waals surface area contributed by atoms with Crippen LogP contribution in [-0.2, 0) is 22.9 Å². The lowest BCUT2D eigenvalue weighted by Crippen LogP contribution is -2.29. The molecule has 0 radical (unpaired) electrons. The molecule has 0 bridgehead atoms. The minimum Gasteiger partial charge on any atom is -0.489 e. The van der Waals surface area contributed by atoms with Crippen LogP contribution in [0.3, 0.4) is 0 Å². The first-order valence-electron chi connectivity index (χ1n) is 25.6. The Morgan fingerprint density at radius 3 is 1.25 bits per heavy atom. The van der Waals surface area contributed by atoms with Gasteiger partial charge in [-0.05, 0) is 144 Å². The summed E-state index contributed by atoms with van der Waals surface area (Å²) in [6.07, 6.45) is 1.15. The van der Waals surface area contributed by atoms with Crippen molar-refractivity contribution in [1.29, 1.82) is 0 Å². The quantitative estimate of drug-likeness (QED) is 0.114. The second-order valence-corrected chi connectivity index (χ2v) is 20.8. The van der Waals surface area contributed by atoms with Crippen LogP contribution in [0.2, 0.25) is 0 Å². The summed E-state index contributed by atoms with van der Waals surface area (Å²) in [6, 6.07) is 94.3. The molecule has 10 aromatic carbocycles. The van der Waals surface area contributed by atoms with E-state index >= 15 is 0 Å². The predicted molar refractivity (Wildman–Crippen MR) is 299 cm³/mol. The highest BCUT2D eigenvalue weighted by Crippen LogP contribution is 2.59. The summed E-state index contributed by atoms with van der Waals surface area (Å²) in [6.45, 7) is 9.80. The maximum atomic E-state index is 6.54. The molecular weight excluding hydrogens is 871 g/mol. The van der Waals surface area contributed by atoms with Gasteiger partial charge in [0.15, 0.2) is 0 Å². The number of hydrogen-bond acceptors (Lipinski definition) is 2. The Morgan fingerprint density at radius 1 is 0.389 bits per heavy atom. The van der Waals surface area contributed by atoms with E-state index in [4.69, 9.17) is 4.74 Å². The van der Waals surface area contributed by atoms with Crippen molar-refractivity contribution >= 4 is 17.1 Å². The van der Waals surface area contributed by atoms with Crippen molar-refractivity contribution in [2.45, 2.75) is 57.0 Å². The van der Waals surface area contributed by atoms with E-state index in [9.17, 15) is 0 Å². The minimum absolute atomic E-state index is 0.128. The molecule has 0 N–H and O–H groups in total. The van der Waals surface area contributed by atoms with Crippen molar-refractivity contribution in [3.8, 4) is 28.0 Å². The summed E-state index contributed by atoms with van der Waals surface area (Å²) < 4.78 is 6.54. The molecule has 0 heterocycles. The first-order valence-corrected chi connectivity index (χ1v) is 25.6. The summed E-state index contributed by atoms with van der Waals surface area (Å²) in [5.74, 6) is 1.49. The standard InChI is InChI=1S/C70H59NO/c1-49(2)47-68(3,4)51-35-33-50(34-36-51)48-72-59-41-37-55(38-42-59)70(54-25-13-7-14-26-54)65-32-20-18-30-61(65)63-44-40-58(46-67(63)70)71(56-27-15-8-16-28-56)57-39-43-62-60-29-17-19-31-64(60)69(66(62)45-57,52-21-9-5-10-22-52)53-23-11-6-12-24-53/h5-46,49H,47-48H2,1-4H3. The maximum Gasteiger partial charge on any atom is 0.119 e. The van der Waals surface area contributed by atoms with Gasteiger partial charge in [-0.25, -0.2) is 0 Å². The number of rotatable bonds is 13. The average molecular weight is 930 g/mol. The van der Waals surface area contributed by atoms with E-state index in [0.29, 0.717) is 12.5 Å². The van der Waals surface area contributed by atoms with E-state index < -0.39 is 10.8 Å². The highest BCUT2D eigenvalue weighted by molar-refractivity contribution is 5.92. The lowest BCUT2D eigenvalue weighted by atomic mass is 9.67. The first-order chi connectivity index (χ1) is 35.3. The number of anilines is 3. The lowest BCUT2D eigenvalue weighted by Gasteiger charge is -2.36. The Kier molecular flexibility index (Phi) is 11.4. The molecule has 1 unspecified atom stereocenters. The zero-order chi connectivity index (χ0) is 48.9. The average Bonchev–Trinajstić information content (AvgIpc) is 3.90. The van der Waals surface area contributed by atoms with Gasteiger partial charge >= 0.3 is 0 Å². The van der Waals surface area contributed by atoms with Crippen LogP contribution in [0.15, 0.2) is 255 Å². The van der Waals surface area contributed by atoms with Crippen LogP contribution in [0.25, 0.3) is 22.3 Å². The predicted octanol–water partition coefficient (Wildman–Crippen LogP) is 17.8. The smallest absolute Gasteiger partial charge is 0.119 e. The third-order valence-electron chi connectivity index (χ3n) is 15.6. The van der Waals surface area contributed by atoms with Gasteiger partial charge in [-0.1, -0.05) is 234 Å². The zero-order valence-electron chi connectivity index (χ0n) is 41.6. The van der Waals surface area contributed by atoms with Crippen LogP contribution in [-0.4, -0.2) is 0 Å². The van der Waals surface area contributed by atoms with Crippen molar-refractivity contribution in [3.05, 3.63) is 310 Å². The molecule has 2 aliphatic carbocycles. The molecule has 0 saturated carbocycles. The topological polar surface area (TPSA) is 12.5 Å². The van der Waals surface area contributed by atoms with Gasteiger partial charge in [0.05, 0.1) is 10.8 Å². The van der Waals surface area contributed by atoms with Crippen LogP contribution >= 0.6 is 0 Å². The van der Waals surface area contributed by atoms with Crippen LogP contribution < -0.4 is 9.64 Å². The van der Waals surface area contributed by atoms with E-state index in [1.807, 2.05) is 0 Å². The highest BCUT2D eigenvalue weighted by Gasteiger charge is 2.48. The van der Waals surface area contributed by atoms with Crippen molar-refractivity contribution in [1.82, 2.24) is 0 Å². The Labute approximate surface area is 425 Å². The third kappa shape index (κ3) is 7.39. The molecule has 1 atom stereocenters. The molecule has 72 heavy (non-hydrogen) atoms. The van der Waals surface area contributed by atoms with Gasteiger partial charge in [0.1, 0.15) is 12.4 Å². The summed E-state index contributed by atoms with van der Waals surface area (Å²) in [7, 11) is 0. The van der Waals surface area contributed by atoms with Crippen molar-refractivity contribution in [2.75, 3.05) is 4.90 Å². The first kappa shape index (κ1) is 45.0. The second-order valence-electron chi connectivity index (χ2n) is 20.8. The Hall–Kier alpha value is -8.20. The Morgan fingerprint density at radius 2 is 0.792 bits per heavy atom. The van der Waals surface area contributed by atoms with Crippen LogP contribution in [0.5, 0.6) is 5.75 Å². The van der Waals surface area contributed by atoms with Crippen LogP contribution in [0, 0.1) is 5.92 Å². The van der Waals surface area contributed by atoms with Gasteiger partial charge in [0.2, 0.25) is 0 Å². The fourth-order valence-corrected chi connectivity index (χ4v) is 12.6. The number of ether oxygens (including phenoxy) is 1. The summed E-state index contributed by atoms with van der Waals surface area (Å²) in [5.41, 5.74) is 19.8. The monoisotopic (exact) mass is 929 g/mol. The van der Waals surface area contributed by atoms with Gasteiger partial charge in [0, 0.05) is 17.1 Å². The molecule has 0 amide bonds. The summed E-state index contributed by atoms with van der Waals surface area (Å²) in [5, 5.41) is 0. The number of benzene rings is 10. The SMILES string of the molecule is CC(C)CC(C)(C)c1ccc(COc2ccc(C3(c4ccccc4)c4ccccc4-c4ccc(N(c5ccccc5)c5ccc6c(c5)C(c5ccccc5)(c5ccccc5)c5ccccc5-6)cc43)cc2)cc1. The molecule has 0 aliphatic heterocycles. The molecule has 2 aliphatic rings. The molecular formula is C70H59NO.